The minimum atomic E-state index is -1.14. The minimum Gasteiger partial charge on any atom is -0.378 e. The van der Waals surface area contributed by atoms with E-state index in [1.54, 1.807) is 6.92 Å². The Morgan fingerprint density at radius 1 is 1.28 bits per heavy atom. The Kier molecular flexibility index (Phi) is 4.86. The third-order valence-corrected chi connectivity index (χ3v) is 2.78. The molecular formula is C15H18F2O. The Balaban J connectivity index is 2.86. The van der Waals surface area contributed by atoms with Crippen LogP contribution in [0, 0.1) is 29.4 Å². The van der Waals surface area contributed by atoms with E-state index in [1.165, 1.54) is 0 Å². The highest BCUT2D eigenvalue weighted by molar-refractivity contribution is 5.36. The summed E-state index contributed by atoms with van der Waals surface area (Å²) in [6, 6.07) is 3.09. The molecule has 0 saturated heterocycles. The van der Waals surface area contributed by atoms with Crippen molar-refractivity contribution in [2.45, 2.75) is 39.2 Å². The van der Waals surface area contributed by atoms with Crippen molar-refractivity contribution in [2.75, 3.05) is 0 Å². The Bertz CT molecular complexity index is 449. The lowest BCUT2D eigenvalue weighted by Crippen LogP contribution is -2.24. The summed E-state index contributed by atoms with van der Waals surface area (Å²) in [7, 11) is 0. The fourth-order valence-corrected chi connectivity index (χ4v) is 1.71. The molecule has 0 radical (unpaired) electrons. The van der Waals surface area contributed by atoms with E-state index in [-0.39, 0.29) is 5.56 Å². The van der Waals surface area contributed by atoms with Crippen molar-refractivity contribution in [3.05, 3.63) is 35.4 Å². The predicted octanol–water partition coefficient (Wildman–Crippen LogP) is 3.50. The first-order valence-electron chi connectivity index (χ1n) is 6.04. The van der Waals surface area contributed by atoms with Crippen molar-refractivity contribution < 1.29 is 13.9 Å². The molecule has 1 nitrogen and oxygen atoms in total. The molecule has 3 heteroatoms. The number of hydrogen-bond acceptors (Lipinski definition) is 1. The lowest BCUT2D eigenvalue weighted by atomic mass is 9.92. The summed E-state index contributed by atoms with van der Waals surface area (Å²) in [4.78, 5) is 0. The molecule has 0 aliphatic carbocycles. The van der Waals surface area contributed by atoms with Crippen LogP contribution in [-0.2, 0) is 0 Å². The van der Waals surface area contributed by atoms with Gasteiger partial charge in [-0.25, -0.2) is 8.78 Å². The number of aliphatic hydroxyl groups is 1. The summed E-state index contributed by atoms with van der Waals surface area (Å²) in [5.41, 5.74) is -0.907. The molecular weight excluding hydrogens is 234 g/mol. The van der Waals surface area contributed by atoms with Crippen molar-refractivity contribution in [2.24, 2.45) is 5.92 Å². The van der Waals surface area contributed by atoms with Crippen LogP contribution in [0.2, 0.25) is 0 Å². The topological polar surface area (TPSA) is 20.2 Å². The summed E-state index contributed by atoms with van der Waals surface area (Å²) in [5.74, 6) is 4.30. The van der Waals surface area contributed by atoms with E-state index >= 15 is 0 Å². The van der Waals surface area contributed by atoms with Crippen LogP contribution in [0.5, 0.6) is 0 Å². The molecule has 0 amide bonds. The number of hydrogen-bond donors (Lipinski definition) is 1. The second kappa shape index (κ2) is 5.97. The van der Waals surface area contributed by atoms with Gasteiger partial charge in [0, 0.05) is 11.6 Å². The van der Waals surface area contributed by atoms with Gasteiger partial charge in [0.05, 0.1) is 0 Å². The predicted molar refractivity (Wildman–Crippen MR) is 67.9 cm³/mol. The van der Waals surface area contributed by atoms with Gasteiger partial charge in [0.15, 0.2) is 0 Å². The molecule has 0 aliphatic heterocycles. The number of rotatable bonds is 3. The quantitative estimate of drug-likeness (QED) is 0.816. The maximum atomic E-state index is 12.9. The zero-order valence-corrected chi connectivity index (χ0v) is 10.9. The van der Waals surface area contributed by atoms with Crippen LogP contribution in [0.4, 0.5) is 8.78 Å². The fraction of sp³-hybridized carbons (Fsp3) is 0.467. The van der Waals surface area contributed by atoms with Gasteiger partial charge < -0.3 is 5.11 Å². The largest absolute Gasteiger partial charge is 0.378 e. The van der Waals surface area contributed by atoms with Crippen molar-refractivity contribution in [3.8, 4) is 11.8 Å². The van der Waals surface area contributed by atoms with Gasteiger partial charge in [0.25, 0.3) is 0 Å². The molecule has 0 aromatic heterocycles. The van der Waals surface area contributed by atoms with E-state index < -0.39 is 17.2 Å². The molecule has 1 aromatic carbocycles. The number of benzene rings is 1. The molecule has 1 N–H and O–H groups in total. The summed E-state index contributed by atoms with van der Waals surface area (Å²) >= 11 is 0. The van der Waals surface area contributed by atoms with Gasteiger partial charge in [0.1, 0.15) is 17.2 Å². The van der Waals surface area contributed by atoms with E-state index in [1.807, 2.05) is 13.8 Å². The zero-order chi connectivity index (χ0) is 13.8. The molecule has 2 atom stereocenters. The van der Waals surface area contributed by atoms with Crippen molar-refractivity contribution in [3.63, 3.8) is 0 Å². The molecule has 1 aromatic rings. The first-order chi connectivity index (χ1) is 8.32. The van der Waals surface area contributed by atoms with Gasteiger partial charge in [-0.15, -0.1) is 0 Å². The SMILES string of the molecule is CCC(C)CC(C)(O)C#Cc1cc(F)cc(F)c1. The van der Waals surface area contributed by atoms with Crippen LogP contribution < -0.4 is 0 Å². The molecule has 98 valence electrons. The molecule has 0 saturated carbocycles. The number of halogens is 2. The Hall–Kier alpha value is -1.40. The third-order valence-electron chi connectivity index (χ3n) is 2.78. The Morgan fingerprint density at radius 2 is 1.83 bits per heavy atom. The maximum absolute atomic E-state index is 12.9. The molecule has 0 bridgehead atoms. The molecule has 0 spiro atoms. The van der Waals surface area contributed by atoms with E-state index in [2.05, 4.69) is 11.8 Å². The van der Waals surface area contributed by atoms with E-state index in [9.17, 15) is 13.9 Å². The van der Waals surface area contributed by atoms with Gasteiger partial charge in [-0.3, -0.25) is 0 Å². The van der Waals surface area contributed by atoms with E-state index in [4.69, 9.17) is 0 Å². The molecule has 1 rings (SSSR count). The van der Waals surface area contributed by atoms with Crippen LogP contribution in [0.3, 0.4) is 0 Å². The maximum Gasteiger partial charge on any atom is 0.127 e. The first kappa shape index (κ1) is 14.7. The van der Waals surface area contributed by atoms with Gasteiger partial charge in [-0.05, 0) is 31.4 Å². The van der Waals surface area contributed by atoms with Crippen LogP contribution in [0.1, 0.15) is 39.2 Å². The standard InChI is InChI=1S/C15H18F2O/c1-4-11(2)10-15(3,18)6-5-12-7-13(16)9-14(17)8-12/h7-9,11,18H,4,10H2,1-3H3. The normalized spacial score (nSPS) is 15.4. The summed E-state index contributed by atoms with van der Waals surface area (Å²) in [6.07, 6.45) is 1.49. The molecule has 18 heavy (non-hydrogen) atoms. The first-order valence-corrected chi connectivity index (χ1v) is 6.04. The summed E-state index contributed by atoms with van der Waals surface area (Å²) < 4.78 is 25.9. The smallest absolute Gasteiger partial charge is 0.127 e. The second-order valence-electron chi connectivity index (χ2n) is 4.90. The van der Waals surface area contributed by atoms with E-state index in [0.29, 0.717) is 12.3 Å². The lowest BCUT2D eigenvalue weighted by molar-refractivity contribution is 0.0939. The van der Waals surface area contributed by atoms with Gasteiger partial charge >= 0.3 is 0 Å². The average molecular weight is 252 g/mol. The monoisotopic (exact) mass is 252 g/mol. The van der Waals surface area contributed by atoms with Crippen molar-refractivity contribution >= 4 is 0 Å². The molecule has 0 heterocycles. The van der Waals surface area contributed by atoms with Crippen LogP contribution in [0.15, 0.2) is 18.2 Å². The van der Waals surface area contributed by atoms with E-state index in [0.717, 1.165) is 24.6 Å². The average Bonchev–Trinajstić information content (AvgIpc) is 2.24. The molecule has 0 aliphatic rings. The lowest BCUT2D eigenvalue weighted by Gasteiger charge is -2.20. The highest BCUT2D eigenvalue weighted by atomic mass is 19.1. The van der Waals surface area contributed by atoms with Gasteiger partial charge in [-0.2, -0.15) is 0 Å². The zero-order valence-electron chi connectivity index (χ0n) is 10.9. The van der Waals surface area contributed by atoms with Crippen LogP contribution >= 0.6 is 0 Å². The second-order valence-corrected chi connectivity index (χ2v) is 4.90. The minimum absolute atomic E-state index is 0.233. The van der Waals surface area contributed by atoms with Crippen LogP contribution in [-0.4, -0.2) is 10.7 Å². The fourth-order valence-electron chi connectivity index (χ4n) is 1.71. The van der Waals surface area contributed by atoms with Crippen LogP contribution in [0.25, 0.3) is 0 Å². The highest BCUT2D eigenvalue weighted by Crippen LogP contribution is 2.18. The Morgan fingerprint density at radius 3 is 2.33 bits per heavy atom. The summed E-state index contributed by atoms with van der Waals surface area (Å²) in [5, 5.41) is 10.1. The third kappa shape index (κ3) is 4.85. The van der Waals surface area contributed by atoms with Crippen molar-refractivity contribution in [1.29, 1.82) is 0 Å². The van der Waals surface area contributed by atoms with Gasteiger partial charge in [0.2, 0.25) is 0 Å². The summed E-state index contributed by atoms with van der Waals surface area (Å²) in [6.45, 7) is 5.68. The highest BCUT2D eigenvalue weighted by Gasteiger charge is 2.19. The Labute approximate surface area is 107 Å². The molecule has 2 unspecified atom stereocenters. The van der Waals surface area contributed by atoms with Gasteiger partial charge in [-0.1, -0.05) is 32.1 Å². The molecule has 0 fully saturated rings. The van der Waals surface area contributed by atoms with Crippen molar-refractivity contribution in [1.82, 2.24) is 0 Å².